The Hall–Kier alpha value is -2.90. The minimum absolute atomic E-state index is 0.174. The van der Waals surface area contributed by atoms with Gasteiger partial charge in [-0.15, -0.1) is 0 Å². The molecule has 0 aromatic heterocycles. The van der Waals surface area contributed by atoms with Gasteiger partial charge in [0.15, 0.2) is 0 Å². The fraction of sp³-hybridized carbons (Fsp3) is 0.474. The van der Waals surface area contributed by atoms with Gasteiger partial charge in [-0.3, -0.25) is 19.2 Å². The van der Waals surface area contributed by atoms with Crippen molar-refractivity contribution in [2.45, 2.75) is 45.7 Å². The highest BCUT2D eigenvalue weighted by Gasteiger charge is 2.22. The van der Waals surface area contributed by atoms with E-state index in [4.69, 9.17) is 5.73 Å². The topological polar surface area (TPSA) is 130 Å². The number of nitrogens with one attached hydrogen (secondary N) is 3. The van der Waals surface area contributed by atoms with Crippen molar-refractivity contribution >= 4 is 23.6 Å². The second-order valence-electron chi connectivity index (χ2n) is 6.81. The van der Waals surface area contributed by atoms with Gasteiger partial charge in [-0.25, -0.2) is 0 Å². The summed E-state index contributed by atoms with van der Waals surface area (Å²) in [5.74, 6) is -1.80. The van der Waals surface area contributed by atoms with Crippen molar-refractivity contribution in [3.05, 3.63) is 35.9 Å². The first-order valence-corrected chi connectivity index (χ1v) is 8.86. The van der Waals surface area contributed by atoms with Crippen LogP contribution in [0.5, 0.6) is 0 Å². The van der Waals surface area contributed by atoms with Crippen molar-refractivity contribution in [1.82, 2.24) is 16.0 Å². The molecule has 0 aliphatic rings. The molecule has 2 atom stereocenters. The van der Waals surface area contributed by atoms with Gasteiger partial charge in [-0.1, -0.05) is 44.2 Å². The molecule has 0 aliphatic carbocycles. The smallest absolute Gasteiger partial charge is 0.243 e. The van der Waals surface area contributed by atoms with E-state index in [9.17, 15) is 19.2 Å². The van der Waals surface area contributed by atoms with Crippen LogP contribution < -0.4 is 21.7 Å². The summed E-state index contributed by atoms with van der Waals surface area (Å²) >= 11 is 0. The Morgan fingerprint density at radius 2 is 1.63 bits per heavy atom. The van der Waals surface area contributed by atoms with Crippen LogP contribution in [0.25, 0.3) is 0 Å². The lowest BCUT2D eigenvalue weighted by molar-refractivity contribution is -0.130. The molecule has 0 radical (unpaired) electrons. The van der Waals surface area contributed by atoms with Gasteiger partial charge in [0.25, 0.3) is 0 Å². The van der Waals surface area contributed by atoms with Crippen molar-refractivity contribution in [2.75, 3.05) is 6.54 Å². The van der Waals surface area contributed by atoms with E-state index in [0.29, 0.717) is 12.8 Å². The minimum Gasteiger partial charge on any atom is -0.368 e. The second-order valence-corrected chi connectivity index (χ2v) is 6.81. The summed E-state index contributed by atoms with van der Waals surface area (Å²) in [5.41, 5.74) is 6.17. The molecule has 0 saturated carbocycles. The molecule has 0 unspecified atom stereocenters. The van der Waals surface area contributed by atoms with E-state index in [2.05, 4.69) is 16.0 Å². The van der Waals surface area contributed by atoms with E-state index in [0.717, 1.165) is 5.56 Å². The summed E-state index contributed by atoms with van der Waals surface area (Å²) in [6.45, 7) is 4.82. The maximum absolute atomic E-state index is 12.4. The molecule has 0 fully saturated rings. The molecule has 4 amide bonds. The number of carbonyl (C=O) groups is 4. The zero-order chi connectivity index (χ0) is 20.4. The van der Waals surface area contributed by atoms with Crippen LogP contribution in [0.2, 0.25) is 0 Å². The second kappa shape index (κ2) is 10.9. The average molecular weight is 376 g/mol. The lowest BCUT2D eigenvalue weighted by atomic mass is 10.0. The lowest BCUT2D eigenvalue weighted by Gasteiger charge is -2.19. The molecular weight excluding hydrogens is 348 g/mol. The lowest BCUT2D eigenvalue weighted by Crippen LogP contribution is -2.52. The van der Waals surface area contributed by atoms with Crippen LogP contribution in [0, 0.1) is 5.92 Å². The minimum atomic E-state index is -0.805. The molecule has 148 valence electrons. The van der Waals surface area contributed by atoms with Gasteiger partial charge in [0.1, 0.15) is 12.1 Å². The largest absolute Gasteiger partial charge is 0.368 e. The summed E-state index contributed by atoms with van der Waals surface area (Å²) in [7, 11) is 0. The molecular formula is C19H28N4O4. The Labute approximate surface area is 159 Å². The Morgan fingerprint density at radius 1 is 1.00 bits per heavy atom. The van der Waals surface area contributed by atoms with Crippen LogP contribution in [0.3, 0.4) is 0 Å². The van der Waals surface area contributed by atoms with Crippen LogP contribution >= 0.6 is 0 Å². The zero-order valence-electron chi connectivity index (χ0n) is 16.0. The van der Waals surface area contributed by atoms with Crippen molar-refractivity contribution in [1.29, 1.82) is 0 Å². The quantitative estimate of drug-likeness (QED) is 0.453. The summed E-state index contributed by atoms with van der Waals surface area (Å²) in [6, 6.07) is 7.63. The molecule has 27 heavy (non-hydrogen) atoms. The molecule has 0 heterocycles. The fourth-order valence-corrected chi connectivity index (χ4v) is 2.56. The number of rotatable bonds is 10. The summed E-state index contributed by atoms with van der Waals surface area (Å²) in [5, 5.41) is 7.59. The average Bonchev–Trinajstić information content (AvgIpc) is 2.58. The maximum atomic E-state index is 12.4. The maximum Gasteiger partial charge on any atom is 0.243 e. The number of benzene rings is 1. The first kappa shape index (κ1) is 22.1. The molecule has 0 spiro atoms. The van der Waals surface area contributed by atoms with Crippen LogP contribution in [0.4, 0.5) is 0 Å². The molecule has 5 N–H and O–H groups in total. The third-order valence-electron chi connectivity index (χ3n) is 3.79. The van der Waals surface area contributed by atoms with Gasteiger partial charge >= 0.3 is 0 Å². The molecule has 8 heteroatoms. The standard InChI is InChI=1S/C19H28N4O4/c1-12(2)9-15(18(20)26)23-17(25)11-21-19(27)16(22-13(3)24)10-14-7-5-4-6-8-14/h4-8,12,15-16H,9-11H2,1-3H3,(H2,20,26)(H,21,27)(H,22,24)(H,23,25)/t15-,16-/m0/s1. The van der Waals surface area contributed by atoms with Crippen molar-refractivity contribution in [2.24, 2.45) is 11.7 Å². The van der Waals surface area contributed by atoms with Gasteiger partial charge in [0.2, 0.25) is 23.6 Å². The Morgan fingerprint density at radius 3 is 2.15 bits per heavy atom. The number of primary amides is 1. The Kier molecular flexibility index (Phi) is 8.98. The third-order valence-corrected chi connectivity index (χ3v) is 3.79. The van der Waals surface area contributed by atoms with Gasteiger partial charge < -0.3 is 21.7 Å². The number of carbonyl (C=O) groups excluding carboxylic acids is 4. The number of amides is 4. The summed E-state index contributed by atoms with van der Waals surface area (Å²) in [6.07, 6.45) is 0.711. The molecule has 1 rings (SSSR count). The van der Waals surface area contributed by atoms with Crippen molar-refractivity contribution < 1.29 is 19.2 Å². The number of nitrogens with two attached hydrogens (primary N) is 1. The highest BCUT2D eigenvalue weighted by Crippen LogP contribution is 2.05. The van der Waals surface area contributed by atoms with E-state index in [1.165, 1.54) is 6.92 Å². The zero-order valence-corrected chi connectivity index (χ0v) is 16.0. The molecule has 0 bridgehead atoms. The van der Waals surface area contributed by atoms with E-state index in [-0.39, 0.29) is 18.4 Å². The molecule has 8 nitrogen and oxygen atoms in total. The van der Waals surface area contributed by atoms with Gasteiger partial charge in [0.05, 0.1) is 6.54 Å². The highest BCUT2D eigenvalue weighted by atomic mass is 16.2. The van der Waals surface area contributed by atoms with Gasteiger partial charge in [-0.2, -0.15) is 0 Å². The third kappa shape index (κ3) is 8.84. The van der Waals surface area contributed by atoms with Crippen LogP contribution in [-0.2, 0) is 25.6 Å². The van der Waals surface area contributed by atoms with E-state index in [1.54, 1.807) is 0 Å². The summed E-state index contributed by atoms with van der Waals surface area (Å²) in [4.78, 5) is 47.2. The number of hydrogen-bond donors (Lipinski definition) is 4. The predicted octanol–water partition coefficient (Wildman–Crippen LogP) is -0.134. The highest BCUT2D eigenvalue weighted by molar-refractivity contribution is 5.92. The first-order valence-electron chi connectivity index (χ1n) is 8.86. The number of hydrogen-bond acceptors (Lipinski definition) is 4. The van der Waals surface area contributed by atoms with Crippen LogP contribution in [0.15, 0.2) is 30.3 Å². The summed E-state index contributed by atoms with van der Waals surface area (Å²) < 4.78 is 0. The fourth-order valence-electron chi connectivity index (χ4n) is 2.56. The van der Waals surface area contributed by atoms with Crippen LogP contribution in [0.1, 0.15) is 32.8 Å². The van der Waals surface area contributed by atoms with Gasteiger partial charge in [-0.05, 0) is 17.9 Å². The van der Waals surface area contributed by atoms with E-state index < -0.39 is 29.8 Å². The SMILES string of the molecule is CC(=O)N[C@@H](Cc1ccccc1)C(=O)NCC(=O)N[C@@H](CC(C)C)C(N)=O. The van der Waals surface area contributed by atoms with Crippen molar-refractivity contribution in [3.8, 4) is 0 Å². The molecule has 1 aromatic rings. The Bertz CT molecular complexity index is 661. The Balaban J connectivity index is 2.62. The molecule has 0 aliphatic heterocycles. The normalized spacial score (nSPS) is 12.7. The predicted molar refractivity (Wildman–Crippen MR) is 101 cm³/mol. The van der Waals surface area contributed by atoms with E-state index >= 15 is 0 Å². The first-order chi connectivity index (χ1) is 12.7. The van der Waals surface area contributed by atoms with Crippen LogP contribution in [-0.4, -0.2) is 42.3 Å². The van der Waals surface area contributed by atoms with E-state index in [1.807, 2.05) is 44.2 Å². The molecule has 1 aromatic carbocycles. The van der Waals surface area contributed by atoms with Gasteiger partial charge in [0, 0.05) is 13.3 Å². The monoisotopic (exact) mass is 376 g/mol. The molecule has 0 saturated heterocycles. The van der Waals surface area contributed by atoms with Crippen molar-refractivity contribution in [3.63, 3.8) is 0 Å².